The van der Waals surface area contributed by atoms with Crippen LogP contribution in [0.15, 0.2) is 66.9 Å². The summed E-state index contributed by atoms with van der Waals surface area (Å²) in [7, 11) is 1.67. The lowest BCUT2D eigenvalue weighted by molar-refractivity contribution is -0.136. The van der Waals surface area contributed by atoms with Crippen LogP contribution in [-0.2, 0) is 17.6 Å². The zero-order valence-corrected chi connectivity index (χ0v) is 16.8. The summed E-state index contributed by atoms with van der Waals surface area (Å²) in [4.78, 5) is 33.5. The number of nitrogens with one attached hydrogen (secondary N) is 1. The van der Waals surface area contributed by atoms with Crippen molar-refractivity contribution in [1.82, 2.24) is 15.3 Å². The van der Waals surface area contributed by atoms with Crippen molar-refractivity contribution in [1.29, 1.82) is 0 Å². The number of carbonyl (C=O) groups excluding carboxylic acids is 1. The van der Waals surface area contributed by atoms with E-state index in [9.17, 15) is 9.59 Å². The van der Waals surface area contributed by atoms with Gasteiger partial charge in [-0.2, -0.15) is 0 Å². The summed E-state index contributed by atoms with van der Waals surface area (Å²) in [6.07, 6.45) is 2.92. The van der Waals surface area contributed by atoms with Crippen molar-refractivity contribution in [3.8, 4) is 11.4 Å². The number of pyridine rings is 2. The van der Waals surface area contributed by atoms with E-state index < -0.39 is 5.97 Å². The summed E-state index contributed by atoms with van der Waals surface area (Å²) in [6.45, 7) is 0.534. The van der Waals surface area contributed by atoms with E-state index in [0.29, 0.717) is 30.2 Å². The molecule has 0 atom stereocenters. The summed E-state index contributed by atoms with van der Waals surface area (Å²) in [6, 6.07) is 18.8. The predicted molar refractivity (Wildman–Crippen MR) is 115 cm³/mol. The number of carbonyl (C=O) groups is 2. The van der Waals surface area contributed by atoms with Gasteiger partial charge in [0, 0.05) is 26.2 Å². The molecule has 7 nitrogen and oxygen atoms in total. The lowest BCUT2D eigenvalue weighted by atomic mass is 10.1. The van der Waals surface area contributed by atoms with Gasteiger partial charge in [0.05, 0.1) is 11.4 Å². The highest BCUT2D eigenvalue weighted by molar-refractivity contribution is 5.90. The second kappa shape index (κ2) is 10.2. The van der Waals surface area contributed by atoms with Gasteiger partial charge in [0.25, 0.3) is 0 Å². The molecule has 2 aromatic heterocycles. The molecule has 154 valence electrons. The molecule has 0 aliphatic carbocycles. The largest absolute Gasteiger partial charge is 0.481 e. The standard InChI is InChI=1S/C23H24N4O3/c1-27(23(30)24-15-14-17-6-3-2-4-7-17)21-9-5-8-20(26-21)19-12-10-18(16-25-19)11-13-22(28)29/h2-10,12,16H,11,13-15H2,1H3,(H,24,30)(H,28,29). The van der Waals surface area contributed by atoms with Crippen LogP contribution in [0, 0.1) is 0 Å². The van der Waals surface area contributed by atoms with Crippen molar-refractivity contribution in [3.63, 3.8) is 0 Å². The Bertz CT molecular complexity index is 991. The number of aryl methyl sites for hydroxylation is 1. The van der Waals surface area contributed by atoms with Crippen LogP contribution >= 0.6 is 0 Å². The molecular weight excluding hydrogens is 380 g/mol. The predicted octanol–water partition coefficient (Wildman–Crippen LogP) is 3.55. The maximum Gasteiger partial charge on any atom is 0.322 e. The summed E-state index contributed by atoms with van der Waals surface area (Å²) in [5.74, 6) is -0.319. The fourth-order valence-electron chi connectivity index (χ4n) is 2.91. The van der Waals surface area contributed by atoms with Crippen molar-refractivity contribution < 1.29 is 14.7 Å². The first kappa shape index (κ1) is 21.0. The zero-order valence-electron chi connectivity index (χ0n) is 16.8. The number of carboxylic acids is 1. The van der Waals surface area contributed by atoms with Gasteiger partial charge < -0.3 is 10.4 Å². The molecule has 1 aromatic carbocycles. The molecule has 0 spiro atoms. The third-order valence-electron chi connectivity index (χ3n) is 4.63. The topological polar surface area (TPSA) is 95.4 Å². The number of anilines is 1. The van der Waals surface area contributed by atoms with E-state index in [2.05, 4.69) is 15.3 Å². The smallest absolute Gasteiger partial charge is 0.322 e. The molecule has 0 radical (unpaired) electrons. The molecule has 0 saturated carbocycles. The Hall–Kier alpha value is -3.74. The third-order valence-corrected chi connectivity index (χ3v) is 4.63. The average Bonchev–Trinajstić information content (AvgIpc) is 2.78. The van der Waals surface area contributed by atoms with Crippen LogP contribution in [0.3, 0.4) is 0 Å². The Labute approximate surface area is 175 Å². The number of urea groups is 1. The average molecular weight is 404 g/mol. The molecule has 2 amide bonds. The number of aromatic nitrogens is 2. The van der Waals surface area contributed by atoms with Crippen LogP contribution in [0.4, 0.5) is 10.6 Å². The first-order valence-electron chi connectivity index (χ1n) is 9.72. The molecule has 0 aliphatic rings. The first-order chi connectivity index (χ1) is 14.5. The highest BCUT2D eigenvalue weighted by atomic mass is 16.4. The van der Waals surface area contributed by atoms with Gasteiger partial charge in [-0.3, -0.25) is 14.7 Å². The van der Waals surface area contributed by atoms with Gasteiger partial charge in [0.15, 0.2) is 0 Å². The van der Waals surface area contributed by atoms with Crippen LogP contribution in [-0.4, -0.2) is 40.7 Å². The maximum absolute atomic E-state index is 12.5. The maximum atomic E-state index is 12.5. The quantitative estimate of drug-likeness (QED) is 0.599. The van der Waals surface area contributed by atoms with Crippen molar-refractivity contribution >= 4 is 17.8 Å². The van der Waals surface area contributed by atoms with Crippen LogP contribution < -0.4 is 10.2 Å². The number of benzene rings is 1. The van der Waals surface area contributed by atoms with E-state index >= 15 is 0 Å². The van der Waals surface area contributed by atoms with E-state index in [1.54, 1.807) is 19.3 Å². The molecule has 3 aromatic rings. The van der Waals surface area contributed by atoms with Crippen molar-refractivity contribution in [2.24, 2.45) is 0 Å². The number of carboxylic acid groups (broad SMARTS) is 1. The molecule has 7 heteroatoms. The van der Waals surface area contributed by atoms with Gasteiger partial charge in [0.1, 0.15) is 5.82 Å². The lowest BCUT2D eigenvalue weighted by Gasteiger charge is -2.17. The second-order valence-electron chi connectivity index (χ2n) is 6.85. The van der Waals surface area contributed by atoms with E-state index in [1.807, 2.05) is 54.6 Å². The van der Waals surface area contributed by atoms with Crippen LogP contribution in [0.25, 0.3) is 11.4 Å². The Morgan fingerprint density at radius 2 is 1.73 bits per heavy atom. The minimum atomic E-state index is -0.835. The number of amides is 2. The molecule has 2 N–H and O–H groups in total. The number of hydrogen-bond acceptors (Lipinski definition) is 4. The van der Waals surface area contributed by atoms with Crippen molar-refractivity contribution in [2.75, 3.05) is 18.5 Å². The summed E-state index contributed by atoms with van der Waals surface area (Å²) in [5, 5.41) is 11.7. The third kappa shape index (κ3) is 5.88. The Kier molecular flexibility index (Phi) is 7.10. The van der Waals surface area contributed by atoms with Gasteiger partial charge in [-0.05, 0) is 42.2 Å². The number of rotatable bonds is 8. The van der Waals surface area contributed by atoms with Gasteiger partial charge in [0.2, 0.25) is 0 Å². The monoisotopic (exact) mass is 404 g/mol. The minimum Gasteiger partial charge on any atom is -0.481 e. The molecule has 0 bridgehead atoms. The van der Waals surface area contributed by atoms with Gasteiger partial charge >= 0.3 is 12.0 Å². The Morgan fingerprint density at radius 1 is 0.933 bits per heavy atom. The molecule has 0 saturated heterocycles. The van der Waals surface area contributed by atoms with Crippen LogP contribution in [0.5, 0.6) is 0 Å². The Morgan fingerprint density at radius 3 is 2.43 bits per heavy atom. The molecule has 3 rings (SSSR count). The number of hydrogen-bond donors (Lipinski definition) is 2. The van der Waals surface area contributed by atoms with Crippen LogP contribution in [0.1, 0.15) is 17.5 Å². The zero-order chi connectivity index (χ0) is 21.3. The van der Waals surface area contributed by atoms with Crippen molar-refractivity contribution in [2.45, 2.75) is 19.3 Å². The highest BCUT2D eigenvalue weighted by Gasteiger charge is 2.13. The SMILES string of the molecule is CN(C(=O)NCCc1ccccc1)c1cccc(-c2ccc(CCC(=O)O)cn2)n1. The fourth-order valence-corrected chi connectivity index (χ4v) is 2.91. The molecule has 0 unspecified atom stereocenters. The minimum absolute atomic E-state index is 0.0684. The molecule has 0 fully saturated rings. The molecular formula is C23H24N4O3. The van der Waals surface area contributed by atoms with Crippen molar-refractivity contribution in [3.05, 3.63) is 78.0 Å². The van der Waals surface area contributed by atoms with Gasteiger partial charge in [-0.15, -0.1) is 0 Å². The normalized spacial score (nSPS) is 10.4. The summed E-state index contributed by atoms with van der Waals surface area (Å²) < 4.78 is 0. The lowest BCUT2D eigenvalue weighted by Crippen LogP contribution is -2.38. The molecule has 2 heterocycles. The van der Waals surface area contributed by atoms with Crippen LogP contribution in [0.2, 0.25) is 0 Å². The van der Waals surface area contributed by atoms with E-state index in [-0.39, 0.29) is 12.5 Å². The van der Waals surface area contributed by atoms with Gasteiger partial charge in [-0.1, -0.05) is 42.5 Å². The summed E-state index contributed by atoms with van der Waals surface area (Å²) >= 11 is 0. The van der Waals surface area contributed by atoms with E-state index in [1.165, 1.54) is 10.5 Å². The fraction of sp³-hybridized carbons (Fsp3) is 0.217. The summed E-state index contributed by atoms with van der Waals surface area (Å²) in [5.41, 5.74) is 3.32. The highest BCUT2D eigenvalue weighted by Crippen LogP contribution is 2.19. The number of aliphatic carboxylic acids is 1. The molecule has 30 heavy (non-hydrogen) atoms. The van der Waals surface area contributed by atoms with E-state index in [4.69, 9.17) is 5.11 Å². The first-order valence-corrected chi connectivity index (χ1v) is 9.72. The van der Waals surface area contributed by atoms with E-state index in [0.717, 1.165) is 12.0 Å². The van der Waals surface area contributed by atoms with Gasteiger partial charge in [-0.25, -0.2) is 9.78 Å². The second-order valence-corrected chi connectivity index (χ2v) is 6.85. The number of nitrogens with zero attached hydrogens (tertiary/aromatic N) is 3. The molecule has 0 aliphatic heterocycles. The Balaban J connectivity index is 1.61.